The molecule has 0 aliphatic carbocycles. The van der Waals surface area contributed by atoms with Gasteiger partial charge in [0.2, 0.25) is 5.95 Å². The van der Waals surface area contributed by atoms with Gasteiger partial charge < -0.3 is 5.73 Å². The number of nitrogens with two attached hydrogens (primary N) is 1. The van der Waals surface area contributed by atoms with Gasteiger partial charge in [-0.25, -0.2) is 14.1 Å². The zero-order valence-electron chi connectivity index (χ0n) is 9.06. The fraction of sp³-hybridized carbons (Fsp3) is 0.0909. The van der Waals surface area contributed by atoms with Crippen molar-refractivity contribution in [1.29, 1.82) is 0 Å². The van der Waals surface area contributed by atoms with Crippen molar-refractivity contribution >= 4 is 23.8 Å². The molecular formula is C11H10ClFN4. The minimum Gasteiger partial charge on any atom is -0.368 e. The summed E-state index contributed by atoms with van der Waals surface area (Å²) in [6, 6.07) is 4.06. The molecule has 0 radical (unpaired) electrons. The molecule has 4 nitrogen and oxygen atoms in total. The van der Waals surface area contributed by atoms with Crippen LogP contribution in [0.4, 0.5) is 10.3 Å². The highest BCUT2D eigenvalue weighted by atomic mass is 35.5. The Kier molecular flexibility index (Phi) is 3.10. The van der Waals surface area contributed by atoms with Gasteiger partial charge in [0.1, 0.15) is 5.82 Å². The van der Waals surface area contributed by atoms with Crippen molar-refractivity contribution < 1.29 is 4.39 Å². The second kappa shape index (κ2) is 4.55. The van der Waals surface area contributed by atoms with Crippen LogP contribution in [0, 0.1) is 12.7 Å². The number of imidazole rings is 1. The van der Waals surface area contributed by atoms with Crippen molar-refractivity contribution in [3.05, 3.63) is 46.5 Å². The average molecular weight is 253 g/mol. The van der Waals surface area contributed by atoms with E-state index in [0.717, 1.165) is 5.69 Å². The van der Waals surface area contributed by atoms with Crippen LogP contribution < -0.4 is 5.73 Å². The minimum atomic E-state index is -0.370. The van der Waals surface area contributed by atoms with Crippen LogP contribution in [0.3, 0.4) is 0 Å². The van der Waals surface area contributed by atoms with Crippen LogP contribution in [0.1, 0.15) is 11.3 Å². The molecule has 17 heavy (non-hydrogen) atoms. The summed E-state index contributed by atoms with van der Waals surface area (Å²) in [5.41, 5.74) is 6.84. The molecule has 0 bridgehead atoms. The third-order valence-corrected chi connectivity index (χ3v) is 2.46. The lowest BCUT2D eigenvalue weighted by atomic mass is 10.2. The molecule has 0 fully saturated rings. The molecular weight excluding hydrogens is 243 g/mol. The molecule has 0 amide bonds. The number of aryl methyl sites for hydroxylation is 1. The zero-order chi connectivity index (χ0) is 12.4. The Bertz CT molecular complexity index is 577. The molecule has 0 unspecified atom stereocenters. The van der Waals surface area contributed by atoms with Crippen molar-refractivity contribution in [2.75, 3.05) is 5.73 Å². The third kappa shape index (κ3) is 2.62. The van der Waals surface area contributed by atoms with E-state index in [2.05, 4.69) is 10.1 Å². The Labute approximate surface area is 103 Å². The minimum absolute atomic E-state index is 0.270. The van der Waals surface area contributed by atoms with E-state index in [0.29, 0.717) is 10.6 Å². The molecule has 2 aromatic rings. The number of rotatable bonds is 2. The summed E-state index contributed by atoms with van der Waals surface area (Å²) in [4.78, 5) is 3.98. The van der Waals surface area contributed by atoms with Gasteiger partial charge >= 0.3 is 0 Å². The van der Waals surface area contributed by atoms with Crippen molar-refractivity contribution in [2.24, 2.45) is 5.10 Å². The molecule has 1 heterocycles. The topological polar surface area (TPSA) is 56.2 Å². The van der Waals surface area contributed by atoms with Crippen LogP contribution in [-0.2, 0) is 0 Å². The molecule has 0 saturated carbocycles. The first kappa shape index (κ1) is 11.6. The SMILES string of the molecule is Cc1cn(N=Cc2cc(F)ccc2Cl)c(N)n1. The number of nitrogens with zero attached hydrogens (tertiary/aromatic N) is 3. The van der Waals surface area contributed by atoms with Gasteiger partial charge in [0.25, 0.3) is 0 Å². The molecule has 0 spiro atoms. The predicted octanol–water partition coefficient (Wildman–Crippen LogP) is 2.45. The Morgan fingerprint density at radius 1 is 1.53 bits per heavy atom. The summed E-state index contributed by atoms with van der Waals surface area (Å²) in [6.07, 6.45) is 3.10. The second-order valence-corrected chi connectivity index (χ2v) is 3.90. The Hall–Kier alpha value is -1.88. The number of benzene rings is 1. The molecule has 2 rings (SSSR count). The molecule has 0 saturated heterocycles. The van der Waals surface area contributed by atoms with Crippen molar-refractivity contribution in [3.63, 3.8) is 0 Å². The van der Waals surface area contributed by atoms with Crippen molar-refractivity contribution in [2.45, 2.75) is 6.92 Å². The maximum Gasteiger partial charge on any atom is 0.221 e. The van der Waals surface area contributed by atoms with Gasteiger partial charge in [-0.05, 0) is 25.1 Å². The summed E-state index contributed by atoms with van der Waals surface area (Å²) in [5, 5.41) is 4.47. The van der Waals surface area contributed by atoms with E-state index in [1.54, 1.807) is 13.1 Å². The quantitative estimate of drug-likeness (QED) is 0.835. The third-order valence-electron chi connectivity index (χ3n) is 2.11. The van der Waals surface area contributed by atoms with E-state index in [4.69, 9.17) is 17.3 Å². The highest BCUT2D eigenvalue weighted by molar-refractivity contribution is 6.33. The number of hydrogen-bond acceptors (Lipinski definition) is 3. The molecule has 0 aliphatic rings. The van der Waals surface area contributed by atoms with Crippen LogP contribution in [0.15, 0.2) is 29.5 Å². The number of hydrogen-bond donors (Lipinski definition) is 1. The van der Waals surface area contributed by atoms with Crippen LogP contribution in [0.25, 0.3) is 0 Å². The molecule has 0 aliphatic heterocycles. The van der Waals surface area contributed by atoms with Gasteiger partial charge in [0, 0.05) is 10.6 Å². The summed E-state index contributed by atoms with van der Waals surface area (Å²) in [7, 11) is 0. The van der Waals surface area contributed by atoms with Crippen LogP contribution >= 0.6 is 11.6 Å². The van der Waals surface area contributed by atoms with Crippen LogP contribution in [-0.4, -0.2) is 15.9 Å². The first-order valence-corrected chi connectivity index (χ1v) is 5.25. The van der Waals surface area contributed by atoms with Gasteiger partial charge in [-0.2, -0.15) is 5.10 Å². The highest BCUT2D eigenvalue weighted by Crippen LogP contribution is 2.15. The molecule has 0 atom stereocenters. The highest BCUT2D eigenvalue weighted by Gasteiger charge is 2.01. The van der Waals surface area contributed by atoms with E-state index in [-0.39, 0.29) is 11.8 Å². The molecule has 1 aromatic carbocycles. The summed E-state index contributed by atoms with van der Waals surface area (Å²) in [6.45, 7) is 1.80. The average Bonchev–Trinajstić information content (AvgIpc) is 2.59. The lowest BCUT2D eigenvalue weighted by Gasteiger charge is -1.98. The van der Waals surface area contributed by atoms with Crippen molar-refractivity contribution in [1.82, 2.24) is 9.66 Å². The predicted molar refractivity (Wildman–Crippen MR) is 65.8 cm³/mol. The first-order chi connectivity index (χ1) is 8.06. The van der Waals surface area contributed by atoms with Crippen LogP contribution in [0.5, 0.6) is 0 Å². The molecule has 6 heteroatoms. The van der Waals surface area contributed by atoms with Gasteiger partial charge in [0.15, 0.2) is 0 Å². The fourth-order valence-corrected chi connectivity index (χ4v) is 1.50. The van der Waals surface area contributed by atoms with E-state index in [9.17, 15) is 4.39 Å². The Morgan fingerprint density at radius 3 is 2.94 bits per heavy atom. The Morgan fingerprint density at radius 2 is 2.29 bits per heavy atom. The van der Waals surface area contributed by atoms with Gasteiger partial charge in [0.05, 0.1) is 18.1 Å². The number of halogens is 2. The standard InChI is InChI=1S/C11H10ClFN4/c1-7-6-17(11(14)16-7)15-5-8-4-9(13)2-3-10(8)12/h2-6H,1H3,(H2,14,16). The van der Waals surface area contributed by atoms with Gasteiger partial charge in [-0.1, -0.05) is 11.6 Å². The summed E-state index contributed by atoms with van der Waals surface area (Å²) >= 11 is 5.89. The first-order valence-electron chi connectivity index (χ1n) is 4.87. The monoisotopic (exact) mass is 252 g/mol. The zero-order valence-corrected chi connectivity index (χ0v) is 9.82. The lowest BCUT2D eigenvalue weighted by molar-refractivity contribution is 0.627. The second-order valence-electron chi connectivity index (χ2n) is 3.50. The summed E-state index contributed by atoms with van der Waals surface area (Å²) < 4.78 is 14.4. The number of anilines is 1. The number of nitrogen functional groups attached to an aromatic ring is 1. The lowest BCUT2D eigenvalue weighted by Crippen LogP contribution is -1.97. The van der Waals surface area contributed by atoms with Gasteiger partial charge in [-0.15, -0.1) is 0 Å². The fourth-order valence-electron chi connectivity index (χ4n) is 1.33. The van der Waals surface area contributed by atoms with E-state index in [1.807, 2.05) is 0 Å². The molecule has 2 N–H and O–H groups in total. The van der Waals surface area contributed by atoms with Crippen molar-refractivity contribution in [3.8, 4) is 0 Å². The largest absolute Gasteiger partial charge is 0.368 e. The number of aromatic nitrogens is 2. The Balaban J connectivity index is 2.31. The van der Waals surface area contributed by atoms with Gasteiger partial charge in [-0.3, -0.25) is 0 Å². The molecule has 1 aromatic heterocycles. The van der Waals surface area contributed by atoms with E-state index < -0.39 is 0 Å². The molecule has 88 valence electrons. The van der Waals surface area contributed by atoms with E-state index >= 15 is 0 Å². The smallest absolute Gasteiger partial charge is 0.221 e. The van der Waals surface area contributed by atoms with Crippen LogP contribution in [0.2, 0.25) is 5.02 Å². The summed E-state index contributed by atoms with van der Waals surface area (Å²) in [5.74, 6) is -0.100. The normalized spacial score (nSPS) is 11.2. The maximum absolute atomic E-state index is 13.0. The maximum atomic E-state index is 13.0. The van der Waals surface area contributed by atoms with E-state index in [1.165, 1.54) is 29.1 Å².